The van der Waals surface area contributed by atoms with E-state index in [2.05, 4.69) is 4.90 Å². The number of nitrogens with zero attached hydrogens (tertiary/aromatic N) is 1. The fraction of sp³-hybridized carbons (Fsp3) is 0.944. The maximum atomic E-state index is 13.0. The summed E-state index contributed by atoms with van der Waals surface area (Å²) in [6, 6.07) is 0.352. The first-order valence-corrected chi connectivity index (χ1v) is 9.31. The van der Waals surface area contributed by atoms with Crippen molar-refractivity contribution in [3.63, 3.8) is 0 Å². The topological polar surface area (TPSA) is 55.6 Å². The molecular weight excluding hydrogens is 312 g/mol. The summed E-state index contributed by atoms with van der Waals surface area (Å²) in [5, 5.41) is 0. The average Bonchev–Trinajstić information content (AvgIpc) is 2.52. The zero-order valence-corrected chi connectivity index (χ0v) is 15.2. The first kappa shape index (κ1) is 19.0. The van der Waals surface area contributed by atoms with Crippen LogP contribution in [-0.2, 0) is 9.53 Å². The summed E-state index contributed by atoms with van der Waals surface area (Å²) in [5.74, 6) is 2.35. The van der Waals surface area contributed by atoms with Crippen LogP contribution in [0.25, 0.3) is 0 Å². The lowest BCUT2D eigenvalue weighted by molar-refractivity contribution is -0.141. The van der Waals surface area contributed by atoms with Crippen LogP contribution in [0, 0.1) is 23.7 Å². The first-order valence-electron chi connectivity index (χ1n) is 9.31. The zero-order valence-electron chi connectivity index (χ0n) is 14.4. The molecule has 3 fully saturated rings. The van der Waals surface area contributed by atoms with Crippen molar-refractivity contribution in [1.29, 1.82) is 0 Å². The number of piperidine rings is 1. The molecule has 2 N–H and O–H groups in total. The molecule has 1 amide bonds. The van der Waals surface area contributed by atoms with Crippen LogP contribution in [0.4, 0.5) is 0 Å². The van der Waals surface area contributed by atoms with E-state index in [-0.39, 0.29) is 18.3 Å². The summed E-state index contributed by atoms with van der Waals surface area (Å²) < 4.78 is 5.57. The fourth-order valence-corrected chi connectivity index (χ4v) is 4.93. The highest BCUT2D eigenvalue weighted by atomic mass is 35.5. The number of amides is 1. The van der Waals surface area contributed by atoms with E-state index >= 15 is 0 Å². The molecule has 2 bridgehead atoms. The van der Waals surface area contributed by atoms with Gasteiger partial charge in [-0.3, -0.25) is 4.79 Å². The normalized spacial score (nSPS) is 37.1. The second-order valence-corrected chi connectivity index (χ2v) is 7.65. The molecule has 1 heterocycles. The van der Waals surface area contributed by atoms with E-state index in [1.807, 2.05) is 6.92 Å². The van der Waals surface area contributed by atoms with Crippen molar-refractivity contribution in [2.75, 3.05) is 26.3 Å². The Morgan fingerprint density at radius 3 is 2.52 bits per heavy atom. The number of carbonyl (C=O) groups is 1. The zero-order chi connectivity index (χ0) is 15.5. The Labute approximate surface area is 146 Å². The molecule has 3 aliphatic rings. The van der Waals surface area contributed by atoms with Crippen LogP contribution < -0.4 is 5.73 Å². The maximum Gasteiger partial charge on any atom is 0.225 e. The number of likely N-dealkylation sites (tertiary alicyclic amines) is 1. The smallest absolute Gasteiger partial charge is 0.225 e. The third-order valence-electron chi connectivity index (χ3n) is 6.15. The van der Waals surface area contributed by atoms with Gasteiger partial charge in [0.2, 0.25) is 5.91 Å². The molecule has 0 spiro atoms. The molecule has 1 saturated heterocycles. The minimum absolute atomic E-state index is 0. The monoisotopic (exact) mass is 344 g/mol. The van der Waals surface area contributed by atoms with Crippen LogP contribution in [0.15, 0.2) is 0 Å². The minimum Gasteiger partial charge on any atom is -0.381 e. The van der Waals surface area contributed by atoms with Gasteiger partial charge in [0.25, 0.3) is 0 Å². The Balaban J connectivity index is 0.00000192. The lowest BCUT2D eigenvalue weighted by atomic mass is 9.65. The second kappa shape index (κ2) is 8.68. The number of fused-ring (bicyclic) bond motifs is 2. The fourth-order valence-electron chi connectivity index (χ4n) is 4.93. The van der Waals surface area contributed by atoms with Crippen molar-refractivity contribution in [3.05, 3.63) is 0 Å². The van der Waals surface area contributed by atoms with E-state index in [0.717, 1.165) is 45.6 Å². The Bertz CT molecular complexity index is 379. The van der Waals surface area contributed by atoms with Gasteiger partial charge in [-0.1, -0.05) is 6.42 Å². The molecule has 134 valence electrons. The summed E-state index contributed by atoms with van der Waals surface area (Å²) >= 11 is 0. The van der Waals surface area contributed by atoms with Gasteiger partial charge in [0.05, 0.1) is 6.61 Å². The number of halogens is 1. The van der Waals surface area contributed by atoms with E-state index < -0.39 is 0 Å². The van der Waals surface area contributed by atoms with Crippen LogP contribution in [0.1, 0.15) is 51.9 Å². The van der Waals surface area contributed by atoms with Crippen LogP contribution in [0.2, 0.25) is 0 Å². The highest BCUT2D eigenvalue weighted by molar-refractivity contribution is 5.85. The van der Waals surface area contributed by atoms with Crippen molar-refractivity contribution in [2.24, 2.45) is 29.4 Å². The number of hydrogen-bond donors (Lipinski definition) is 1. The predicted molar refractivity (Wildman–Crippen MR) is 94.6 cm³/mol. The standard InChI is InChI=1S/C18H32N2O2.ClH/c1-2-22-12-13-5-4-8-20(11-13)18(21)16-9-14-6-3-7-15(10-16)17(14)19;/h13-17H,2-12,19H2,1H3;1H. The van der Waals surface area contributed by atoms with Gasteiger partial charge < -0.3 is 15.4 Å². The summed E-state index contributed by atoms with van der Waals surface area (Å²) in [6.07, 6.45) is 8.16. The minimum atomic E-state index is 0. The summed E-state index contributed by atoms with van der Waals surface area (Å²) in [6.45, 7) is 5.46. The SMILES string of the molecule is CCOCC1CCCN(C(=O)C2CC3CCCC(C2)C3N)C1.Cl. The van der Waals surface area contributed by atoms with Crippen LogP contribution in [0.5, 0.6) is 0 Å². The Morgan fingerprint density at radius 2 is 1.87 bits per heavy atom. The molecular formula is C18H33ClN2O2. The highest BCUT2D eigenvalue weighted by Gasteiger charge is 2.42. The quantitative estimate of drug-likeness (QED) is 0.853. The number of carbonyl (C=O) groups excluding carboxylic acids is 1. The van der Waals surface area contributed by atoms with E-state index in [9.17, 15) is 4.79 Å². The van der Waals surface area contributed by atoms with Gasteiger partial charge in [0.15, 0.2) is 0 Å². The third-order valence-corrected chi connectivity index (χ3v) is 6.15. The first-order chi connectivity index (χ1) is 10.7. The van der Waals surface area contributed by atoms with Crippen molar-refractivity contribution >= 4 is 18.3 Å². The van der Waals surface area contributed by atoms with Crippen LogP contribution >= 0.6 is 12.4 Å². The third kappa shape index (κ3) is 4.40. The van der Waals surface area contributed by atoms with Gasteiger partial charge in [-0.05, 0) is 63.2 Å². The van der Waals surface area contributed by atoms with Crippen molar-refractivity contribution < 1.29 is 9.53 Å². The van der Waals surface area contributed by atoms with Gasteiger partial charge in [-0.15, -0.1) is 12.4 Å². The summed E-state index contributed by atoms with van der Waals surface area (Å²) in [7, 11) is 0. The molecule has 0 aromatic carbocycles. The molecule has 5 heteroatoms. The molecule has 23 heavy (non-hydrogen) atoms. The van der Waals surface area contributed by atoms with Crippen molar-refractivity contribution in [3.8, 4) is 0 Å². The number of hydrogen-bond acceptors (Lipinski definition) is 3. The Kier molecular flexibility index (Phi) is 7.18. The molecule has 0 aromatic heterocycles. The highest BCUT2D eigenvalue weighted by Crippen LogP contribution is 2.42. The van der Waals surface area contributed by atoms with E-state index in [0.29, 0.717) is 29.7 Å². The van der Waals surface area contributed by atoms with Crippen LogP contribution in [-0.4, -0.2) is 43.2 Å². The lowest BCUT2D eigenvalue weighted by Crippen LogP contribution is -2.51. The van der Waals surface area contributed by atoms with E-state index in [1.54, 1.807) is 0 Å². The van der Waals surface area contributed by atoms with Crippen molar-refractivity contribution in [2.45, 2.75) is 57.9 Å². The Hall–Kier alpha value is -0.320. The number of nitrogens with two attached hydrogens (primary N) is 1. The predicted octanol–water partition coefficient (Wildman–Crippen LogP) is 2.84. The molecule has 0 radical (unpaired) electrons. The number of rotatable bonds is 4. The molecule has 1 aliphatic heterocycles. The van der Waals surface area contributed by atoms with Gasteiger partial charge in [-0.2, -0.15) is 0 Å². The van der Waals surface area contributed by atoms with E-state index in [1.165, 1.54) is 25.7 Å². The molecule has 4 nitrogen and oxygen atoms in total. The molecule has 3 rings (SSSR count). The lowest BCUT2D eigenvalue weighted by Gasteiger charge is -2.45. The maximum absolute atomic E-state index is 13.0. The number of ether oxygens (including phenoxy) is 1. The average molecular weight is 345 g/mol. The van der Waals surface area contributed by atoms with Gasteiger partial charge in [0.1, 0.15) is 0 Å². The molecule has 3 unspecified atom stereocenters. The second-order valence-electron chi connectivity index (χ2n) is 7.65. The molecule has 2 aliphatic carbocycles. The van der Waals surface area contributed by atoms with Crippen LogP contribution in [0.3, 0.4) is 0 Å². The van der Waals surface area contributed by atoms with E-state index in [4.69, 9.17) is 10.5 Å². The summed E-state index contributed by atoms with van der Waals surface area (Å²) in [4.78, 5) is 15.1. The molecule has 3 atom stereocenters. The largest absolute Gasteiger partial charge is 0.381 e. The van der Waals surface area contributed by atoms with Gasteiger partial charge in [-0.25, -0.2) is 0 Å². The molecule has 0 aromatic rings. The Morgan fingerprint density at radius 1 is 1.17 bits per heavy atom. The molecule has 2 saturated carbocycles. The summed E-state index contributed by atoms with van der Waals surface area (Å²) in [5.41, 5.74) is 6.36. The van der Waals surface area contributed by atoms with Crippen molar-refractivity contribution in [1.82, 2.24) is 4.90 Å². The van der Waals surface area contributed by atoms with Gasteiger partial charge in [0, 0.05) is 31.7 Å². The van der Waals surface area contributed by atoms with Gasteiger partial charge >= 0.3 is 0 Å².